The molecule has 0 aliphatic heterocycles. The first-order valence-corrected chi connectivity index (χ1v) is 9.71. The van der Waals surface area contributed by atoms with Crippen molar-refractivity contribution in [2.75, 3.05) is 6.54 Å². The van der Waals surface area contributed by atoms with E-state index in [9.17, 15) is 9.59 Å². The van der Waals surface area contributed by atoms with Crippen molar-refractivity contribution in [1.82, 2.24) is 10.2 Å². The van der Waals surface area contributed by atoms with Gasteiger partial charge in [0.05, 0.1) is 6.42 Å². The molecule has 2 rings (SSSR count). The lowest BCUT2D eigenvalue weighted by atomic mass is 10.1. The highest BCUT2D eigenvalue weighted by molar-refractivity contribution is 6.36. The number of halogens is 3. The smallest absolute Gasteiger partial charge is 0.242 e. The number of hydrogen-bond donors (Lipinski definition) is 1. The second kappa shape index (κ2) is 9.98. The number of amides is 2. The van der Waals surface area contributed by atoms with Crippen molar-refractivity contribution < 1.29 is 9.59 Å². The van der Waals surface area contributed by atoms with E-state index in [4.69, 9.17) is 34.8 Å². The van der Waals surface area contributed by atoms with Gasteiger partial charge in [-0.15, -0.1) is 0 Å². The normalized spacial score (nSPS) is 11.7. The molecule has 0 saturated heterocycles. The van der Waals surface area contributed by atoms with Gasteiger partial charge in [-0.2, -0.15) is 0 Å². The van der Waals surface area contributed by atoms with Gasteiger partial charge in [-0.3, -0.25) is 9.59 Å². The summed E-state index contributed by atoms with van der Waals surface area (Å²) in [5.74, 6) is -0.470. The summed E-state index contributed by atoms with van der Waals surface area (Å²) < 4.78 is 0. The lowest BCUT2D eigenvalue weighted by Gasteiger charge is -2.29. The van der Waals surface area contributed by atoms with E-state index in [-0.39, 0.29) is 24.8 Å². The molecule has 2 aromatic carbocycles. The topological polar surface area (TPSA) is 49.4 Å². The van der Waals surface area contributed by atoms with Gasteiger partial charge in [0.1, 0.15) is 6.04 Å². The summed E-state index contributed by atoms with van der Waals surface area (Å²) >= 11 is 18.5. The van der Waals surface area contributed by atoms with E-state index in [1.54, 1.807) is 37.3 Å². The van der Waals surface area contributed by atoms with E-state index in [0.29, 0.717) is 27.2 Å². The van der Waals surface area contributed by atoms with E-state index in [0.717, 1.165) is 5.56 Å². The number of rotatable bonds is 7. The Balaban J connectivity index is 2.30. The zero-order chi connectivity index (χ0) is 20.0. The van der Waals surface area contributed by atoms with Crippen molar-refractivity contribution in [2.45, 2.75) is 32.9 Å². The molecule has 0 aliphatic rings. The Morgan fingerprint density at radius 2 is 1.70 bits per heavy atom. The molecule has 0 fully saturated rings. The summed E-state index contributed by atoms with van der Waals surface area (Å²) in [6, 6.07) is 11.6. The lowest BCUT2D eigenvalue weighted by Crippen LogP contribution is -2.48. The number of carbonyl (C=O) groups is 2. The number of likely N-dealkylation sites (N-methyl/N-ethyl adjacent to an activating group) is 1. The maximum Gasteiger partial charge on any atom is 0.242 e. The predicted octanol–water partition coefficient (Wildman–Crippen LogP) is 4.74. The molecule has 2 amide bonds. The fourth-order valence-corrected chi connectivity index (χ4v) is 3.43. The Kier molecular flexibility index (Phi) is 7.96. The van der Waals surface area contributed by atoms with Crippen LogP contribution in [0.25, 0.3) is 0 Å². The average molecular weight is 428 g/mol. The Morgan fingerprint density at radius 3 is 2.30 bits per heavy atom. The standard InChI is InChI=1S/C20H21Cl3N2O2/c1-3-24-20(27)13(2)25(12-14-6-4-7-15(21)10-14)19(26)11-16-17(22)8-5-9-18(16)23/h4-10,13H,3,11-12H2,1-2H3,(H,24,27)/t13-/m0/s1. The monoisotopic (exact) mass is 426 g/mol. The van der Waals surface area contributed by atoms with E-state index in [1.165, 1.54) is 4.90 Å². The van der Waals surface area contributed by atoms with Gasteiger partial charge in [0.25, 0.3) is 0 Å². The third kappa shape index (κ3) is 5.86. The van der Waals surface area contributed by atoms with E-state index < -0.39 is 6.04 Å². The molecule has 4 nitrogen and oxygen atoms in total. The minimum absolute atomic E-state index is 0.00280. The third-order valence-corrected chi connectivity index (χ3v) is 5.09. The Bertz CT molecular complexity index is 806. The van der Waals surface area contributed by atoms with Crippen LogP contribution in [0.1, 0.15) is 25.0 Å². The molecule has 0 heterocycles. The van der Waals surface area contributed by atoms with Gasteiger partial charge in [-0.25, -0.2) is 0 Å². The predicted molar refractivity (Wildman–Crippen MR) is 110 cm³/mol. The fraction of sp³-hybridized carbons (Fsp3) is 0.300. The van der Waals surface area contributed by atoms with Crippen molar-refractivity contribution >= 4 is 46.6 Å². The number of benzene rings is 2. The van der Waals surface area contributed by atoms with E-state index >= 15 is 0 Å². The van der Waals surface area contributed by atoms with Crippen molar-refractivity contribution in [3.63, 3.8) is 0 Å². The highest BCUT2D eigenvalue weighted by Gasteiger charge is 2.27. The highest BCUT2D eigenvalue weighted by atomic mass is 35.5. The van der Waals surface area contributed by atoms with Crippen LogP contribution in [0.5, 0.6) is 0 Å². The molecule has 0 bridgehead atoms. The van der Waals surface area contributed by atoms with Gasteiger partial charge in [0.2, 0.25) is 11.8 Å². The fourth-order valence-electron chi connectivity index (χ4n) is 2.69. The lowest BCUT2D eigenvalue weighted by molar-refractivity contribution is -0.140. The first kappa shape index (κ1) is 21.5. The molecule has 1 atom stereocenters. The molecule has 2 aromatic rings. The summed E-state index contributed by atoms with van der Waals surface area (Å²) in [7, 11) is 0. The van der Waals surface area contributed by atoms with Crippen molar-refractivity contribution in [3.05, 3.63) is 68.7 Å². The summed E-state index contributed by atoms with van der Waals surface area (Å²) in [6.07, 6.45) is 0.00280. The zero-order valence-corrected chi connectivity index (χ0v) is 17.4. The largest absolute Gasteiger partial charge is 0.355 e. The summed E-state index contributed by atoms with van der Waals surface area (Å²) in [6.45, 7) is 4.26. The molecule has 0 saturated carbocycles. The molecule has 0 aromatic heterocycles. The van der Waals surface area contributed by atoms with Crippen molar-refractivity contribution in [3.8, 4) is 0 Å². The van der Waals surface area contributed by atoms with Gasteiger partial charge in [-0.05, 0) is 49.2 Å². The Hall–Kier alpha value is -1.75. The van der Waals surface area contributed by atoms with Crippen LogP contribution >= 0.6 is 34.8 Å². The molecular weight excluding hydrogens is 407 g/mol. The quantitative estimate of drug-likeness (QED) is 0.693. The van der Waals surface area contributed by atoms with Gasteiger partial charge >= 0.3 is 0 Å². The van der Waals surface area contributed by atoms with E-state index in [2.05, 4.69) is 5.32 Å². The van der Waals surface area contributed by atoms with Gasteiger partial charge < -0.3 is 10.2 Å². The number of carbonyl (C=O) groups excluding carboxylic acids is 2. The molecule has 0 aliphatic carbocycles. The number of nitrogens with zero attached hydrogens (tertiary/aromatic N) is 1. The Labute approximate surface area is 174 Å². The first-order valence-electron chi connectivity index (χ1n) is 8.58. The number of hydrogen-bond acceptors (Lipinski definition) is 2. The average Bonchev–Trinajstić information content (AvgIpc) is 2.62. The van der Waals surface area contributed by atoms with Crippen molar-refractivity contribution in [1.29, 1.82) is 0 Å². The molecule has 1 N–H and O–H groups in total. The van der Waals surface area contributed by atoms with Crippen LogP contribution in [-0.2, 0) is 22.6 Å². The second-order valence-corrected chi connectivity index (χ2v) is 7.35. The molecule has 7 heteroatoms. The molecular formula is C20H21Cl3N2O2. The summed E-state index contributed by atoms with van der Waals surface area (Å²) in [4.78, 5) is 26.9. The van der Waals surface area contributed by atoms with Gasteiger partial charge in [0.15, 0.2) is 0 Å². The second-order valence-electron chi connectivity index (χ2n) is 6.10. The van der Waals surface area contributed by atoms with Crippen molar-refractivity contribution in [2.24, 2.45) is 0 Å². The molecule has 0 spiro atoms. The van der Waals surface area contributed by atoms with E-state index in [1.807, 2.05) is 19.1 Å². The minimum atomic E-state index is -0.655. The number of nitrogens with one attached hydrogen (secondary N) is 1. The zero-order valence-electron chi connectivity index (χ0n) is 15.1. The van der Waals surface area contributed by atoms with Crippen LogP contribution in [0.3, 0.4) is 0 Å². The third-order valence-electron chi connectivity index (χ3n) is 4.15. The molecule has 0 radical (unpaired) electrons. The summed E-state index contributed by atoms with van der Waals surface area (Å²) in [5, 5.41) is 4.16. The summed E-state index contributed by atoms with van der Waals surface area (Å²) in [5.41, 5.74) is 1.38. The maximum atomic E-state index is 13.1. The minimum Gasteiger partial charge on any atom is -0.355 e. The SMILES string of the molecule is CCNC(=O)[C@H](C)N(Cc1cccc(Cl)c1)C(=O)Cc1c(Cl)cccc1Cl. The Morgan fingerprint density at radius 1 is 1.07 bits per heavy atom. The van der Waals surface area contributed by atoms with Crippen LogP contribution < -0.4 is 5.32 Å². The van der Waals surface area contributed by atoms with Crippen LogP contribution in [-0.4, -0.2) is 29.3 Å². The molecule has 144 valence electrons. The maximum absolute atomic E-state index is 13.1. The van der Waals surface area contributed by atoms with Gasteiger partial charge in [0, 0.05) is 28.2 Å². The van der Waals surface area contributed by atoms with Crippen LogP contribution in [0, 0.1) is 0 Å². The molecule has 27 heavy (non-hydrogen) atoms. The van der Waals surface area contributed by atoms with Crippen LogP contribution in [0.4, 0.5) is 0 Å². The van der Waals surface area contributed by atoms with Crippen LogP contribution in [0.2, 0.25) is 15.1 Å². The highest BCUT2D eigenvalue weighted by Crippen LogP contribution is 2.26. The van der Waals surface area contributed by atoms with Crippen LogP contribution in [0.15, 0.2) is 42.5 Å². The van der Waals surface area contributed by atoms with Gasteiger partial charge in [-0.1, -0.05) is 53.0 Å². The first-order chi connectivity index (χ1) is 12.8. The molecule has 0 unspecified atom stereocenters.